The lowest BCUT2D eigenvalue weighted by Gasteiger charge is -2.31. The van der Waals surface area contributed by atoms with Gasteiger partial charge in [0.15, 0.2) is 0 Å². The van der Waals surface area contributed by atoms with Crippen molar-refractivity contribution in [2.75, 3.05) is 20.3 Å². The van der Waals surface area contributed by atoms with Gasteiger partial charge in [-0.15, -0.1) is 0 Å². The molecule has 2 N–H and O–H groups in total. The third-order valence-electron chi connectivity index (χ3n) is 2.95. The summed E-state index contributed by atoms with van der Waals surface area (Å²) in [7, 11) is 1.89. The molecule has 1 aliphatic heterocycles. The van der Waals surface area contributed by atoms with Crippen LogP contribution in [0.3, 0.4) is 0 Å². The number of nitrogens with zero attached hydrogens (tertiary/aromatic N) is 1. The van der Waals surface area contributed by atoms with Crippen molar-refractivity contribution < 1.29 is 9.53 Å². The Hall–Kier alpha value is -0.610. The zero-order chi connectivity index (χ0) is 11.3. The molecule has 1 rings (SSSR count). The number of ether oxygens (including phenoxy) is 1. The van der Waals surface area contributed by atoms with E-state index in [0.717, 1.165) is 32.5 Å². The van der Waals surface area contributed by atoms with Crippen molar-refractivity contribution in [2.24, 2.45) is 5.73 Å². The van der Waals surface area contributed by atoms with Crippen LogP contribution in [0.2, 0.25) is 0 Å². The van der Waals surface area contributed by atoms with E-state index < -0.39 is 0 Å². The van der Waals surface area contributed by atoms with Gasteiger partial charge in [0.25, 0.3) is 0 Å². The first-order chi connectivity index (χ1) is 7.11. The van der Waals surface area contributed by atoms with E-state index in [0.29, 0.717) is 12.5 Å². The van der Waals surface area contributed by atoms with E-state index in [-0.39, 0.29) is 11.9 Å². The molecule has 0 radical (unpaired) electrons. The Balaban J connectivity index is 2.30. The smallest absolute Gasteiger partial charge is 0.222 e. The van der Waals surface area contributed by atoms with Crippen LogP contribution < -0.4 is 5.73 Å². The molecule has 88 valence electrons. The maximum absolute atomic E-state index is 11.8. The van der Waals surface area contributed by atoms with Gasteiger partial charge in [0.05, 0.1) is 0 Å². The SMILES string of the molecule is CC(N)CCC(=O)N(C)C1CCOCC1. The molecule has 0 aromatic rings. The maximum atomic E-state index is 11.8. The zero-order valence-electron chi connectivity index (χ0n) is 9.74. The van der Waals surface area contributed by atoms with Gasteiger partial charge in [-0.1, -0.05) is 0 Å². The largest absolute Gasteiger partial charge is 0.381 e. The van der Waals surface area contributed by atoms with E-state index in [2.05, 4.69) is 0 Å². The number of amides is 1. The quantitative estimate of drug-likeness (QED) is 0.751. The number of rotatable bonds is 4. The Morgan fingerprint density at radius 1 is 1.53 bits per heavy atom. The predicted molar refractivity (Wildman–Crippen MR) is 59.5 cm³/mol. The summed E-state index contributed by atoms with van der Waals surface area (Å²) in [6.07, 6.45) is 3.25. The van der Waals surface area contributed by atoms with E-state index in [4.69, 9.17) is 10.5 Å². The summed E-state index contributed by atoms with van der Waals surface area (Å²) in [5.74, 6) is 0.208. The minimum atomic E-state index is 0.108. The van der Waals surface area contributed by atoms with Crippen molar-refractivity contribution in [3.63, 3.8) is 0 Å². The Bertz CT molecular complexity index is 201. The second-order valence-electron chi connectivity index (χ2n) is 4.36. The fourth-order valence-corrected chi connectivity index (χ4v) is 1.80. The van der Waals surface area contributed by atoms with E-state index >= 15 is 0 Å². The molecular formula is C11H22N2O2. The molecule has 0 aromatic carbocycles. The number of hydrogen-bond acceptors (Lipinski definition) is 3. The Labute approximate surface area is 91.8 Å². The first kappa shape index (κ1) is 12.5. The third-order valence-corrected chi connectivity index (χ3v) is 2.95. The summed E-state index contributed by atoms with van der Waals surface area (Å²) < 4.78 is 5.27. The second-order valence-corrected chi connectivity index (χ2v) is 4.36. The Kier molecular flexibility index (Phi) is 5.05. The molecule has 0 bridgehead atoms. The first-order valence-electron chi connectivity index (χ1n) is 5.70. The molecule has 1 atom stereocenters. The van der Waals surface area contributed by atoms with Crippen LogP contribution in [0.15, 0.2) is 0 Å². The minimum absolute atomic E-state index is 0.108. The molecule has 0 spiro atoms. The molecule has 1 aliphatic rings. The van der Waals surface area contributed by atoms with Gasteiger partial charge in [-0.05, 0) is 26.2 Å². The summed E-state index contributed by atoms with van der Waals surface area (Å²) in [4.78, 5) is 13.6. The van der Waals surface area contributed by atoms with Crippen molar-refractivity contribution in [3.05, 3.63) is 0 Å². The highest BCUT2D eigenvalue weighted by molar-refractivity contribution is 5.76. The summed E-state index contributed by atoms with van der Waals surface area (Å²) >= 11 is 0. The molecule has 4 heteroatoms. The maximum Gasteiger partial charge on any atom is 0.222 e. The highest BCUT2D eigenvalue weighted by Gasteiger charge is 2.21. The Morgan fingerprint density at radius 2 is 2.13 bits per heavy atom. The fourth-order valence-electron chi connectivity index (χ4n) is 1.80. The van der Waals surface area contributed by atoms with Crippen molar-refractivity contribution >= 4 is 5.91 Å². The van der Waals surface area contributed by atoms with Gasteiger partial charge in [-0.3, -0.25) is 4.79 Å². The number of carbonyl (C=O) groups is 1. The minimum Gasteiger partial charge on any atom is -0.381 e. The van der Waals surface area contributed by atoms with Crippen LogP contribution in [0.4, 0.5) is 0 Å². The molecule has 4 nitrogen and oxygen atoms in total. The lowest BCUT2D eigenvalue weighted by Crippen LogP contribution is -2.40. The fraction of sp³-hybridized carbons (Fsp3) is 0.909. The van der Waals surface area contributed by atoms with Gasteiger partial charge in [0, 0.05) is 38.8 Å². The number of carbonyl (C=O) groups excluding carboxylic acids is 1. The molecule has 1 fully saturated rings. The summed E-state index contributed by atoms with van der Waals surface area (Å²) in [5.41, 5.74) is 5.63. The molecular weight excluding hydrogens is 192 g/mol. The average Bonchev–Trinajstić information content (AvgIpc) is 2.26. The summed E-state index contributed by atoms with van der Waals surface area (Å²) in [6.45, 7) is 3.48. The average molecular weight is 214 g/mol. The monoisotopic (exact) mass is 214 g/mol. The van der Waals surface area contributed by atoms with E-state index in [1.165, 1.54) is 0 Å². The molecule has 0 aliphatic carbocycles. The van der Waals surface area contributed by atoms with Crippen molar-refractivity contribution in [3.8, 4) is 0 Å². The van der Waals surface area contributed by atoms with E-state index in [1.807, 2.05) is 18.9 Å². The number of nitrogens with two attached hydrogens (primary N) is 1. The van der Waals surface area contributed by atoms with Gasteiger partial charge in [0.2, 0.25) is 5.91 Å². The first-order valence-corrected chi connectivity index (χ1v) is 5.70. The lowest BCUT2D eigenvalue weighted by molar-refractivity contribution is -0.133. The topological polar surface area (TPSA) is 55.6 Å². The molecule has 15 heavy (non-hydrogen) atoms. The van der Waals surface area contributed by atoms with Crippen molar-refractivity contribution in [2.45, 2.75) is 44.7 Å². The molecule has 1 unspecified atom stereocenters. The predicted octanol–water partition coefficient (Wildman–Crippen LogP) is 0.751. The van der Waals surface area contributed by atoms with Crippen LogP contribution in [-0.4, -0.2) is 43.2 Å². The van der Waals surface area contributed by atoms with Gasteiger partial charge in [-0.25, -0.2) is 0 Å². The highest BCUT2D eigenvalue weighted by Crippen LogP contribution is 2.14. The summed E-state index contributed by atoms with van der Waals surface area (Å²) in [5, 5.41) is 0. The lowest BCUT2D eigenvalue weighted by atomic mass is 10.1. The van der Waals surface area contributed by atoms with Gasteiger partial charge >= 0.3 is 0 Å². The normalized spacial score (nSPS) is 19.9. The molecule has 1 saturated heterocycles. The van der Waals surface area contributed by atoms with Crippen molar-refractivity contribution in [1.29, 1.82) is 0 Å². The van der Waals surface area contributed by atoms with E-state index in [1.54, 1.807) is 0 Å². The highest BCUT2D eigenvalue weighted by atomic mass is 16.5. The van der Waals surface area contributed by atoms with E-state index in [9.17, 15) is 4.79 Å². The standard InChI is InChI=1S/C11H22N2O2/c1-9(12)3-4-11(14)13(2)10-5-7-15-8-6-10/h9-10H,3-8,12H2,1-2H3. The Morgan fingerprint density at radius 3 is 2.67 bits per heavy atom. The van der Waals surface area contributed by atoms with Crippen LogP contribution in [0.1, 0.15) is 32.6 Å². The molecule has 0 saturated carbocycles. The molecule has 0 aromatic heterocycles. The third kappa shape index (κ3) is 4.18. The van der Waals surface area contributed by atoms with Crippen LogP contribution in [0.5, 0.6) is 0 Å². The van der Waals surface area contributed by atoms with Gasteiger partial charge in [-0.2, -0.15) is 0 Å². The second kappa shape index (κ2) is 6.08. The molecule has 1 heterocycles. The van der Waals surface area contributed by atoms with Crippen LogP contribution in [0.25, 0.3) is 0 Å². The zero-order valence-corrected chi connectivity index (χ0v) is 9.74. The van der Waals surface area contributed by atoms with Crippen molar-refractivity contribution in [1.82, 2.24) is 4.90 Å². The van der Waals surface area contributed by atoms with Gasteiger partial charge in [0.1, 0.15) is 0 Å². The van der Waals surface area contributed by atoms with Crippen LogP contribution in [-0.2, 0) is 9.53 Å². The van der Waals surface area contributed by atoms with Crippen LogP contribution >= 0.6 is 0 Å². The number of hydrogen-bond donors (Lipinski definition) is 1. The summed E-state index contributed by atoms with van der Waals surface area (Å²) in [6, 6.07) is 0.469. The van der Waals surface area contributed by atoms with Crippen LogP contribution in [0, 0.1) is 0 Å². The van der Waals surface area contributed by atoms with Gasteiger partial charge < -0.3 is 15.4 Å². The molecule has 1 amide bonds.